The van der Waals surface area contributed by atoms with E-state index < -0.39 is 10.0 Å². The molecule has 1 aromatic heterocycles. The van der Waals surface area contributed by atoms with Gasteiger partial charge in [-0.15, -0.1) is 0 Å². The number of hydrogen-bond acceptors (Lipinski definition) is 6. The Bertz CT molecular complexity index is 458. The Kier molecular flexibility index (Phi) is 4.38. The molecular weight excluding hydrogens is 244 g/mol. The molecule has 0 fully saturated rings. The first kappa shape index (κ1) is 13.8. The van der Waals surface area contributed by atoms with E-state index in [1.807, 2.05) is 0 Å². The van der Waals surface area contributed by atoms with Crippen LogP contribution >= 0.6 is 0 Å². The Balaban J connectivity index is 3.12. The highest BCUT2D eigenvalue weighted by molar-refractivity contribution is 7.89. The average molecular weight is 260 g/mol. The van der Waals surface area contributed by atoms with Crippen LogP contribution in [-0.2, 0) is 10.0 Å². The number of aliphatic hydroxyl groups is 1. The van der Waals surface area contributed by atoms with E-state index in [0.717, 1.165) is 12.4 Å². The summed E-state index contributed by atoms with van der Waals surface area (Å²) in [5.41, 5.74) is 5.29. The Morgan fingerprint density at radius 3 is 2.35 bits per heavy atom. The molecule has 0 bridgehead atoms. The van der Waals surface area contributed by atoms with Crippen LogP contribution in [0.5, 0.6) is 0 Å². The van der Waals surface area contributed by atoms with Crippen LogP contribution in [0.3, 0.4) is 0 Å². The molecule has 0 saturated carbocycles. The summed E-state index contributed by atoms with van der Waals surface area (Å²) < 4.78 is 25.5. The van der Waals surface area contributed by atoms with Crippen molar-refractivity contribution < 1.29 is 13.5 Å². The van der Waals surface area contributed by atoms with Gasteiger partial charge in [0.05, 0.1) is 19.0 Å². The van der Waals surface area contributed by atoms with Crippen molar-refractivity contribution in [3.8, 4) is 0 Å². The van der Waals surface area contributed by atoms with E-state index in [1.165, 1.54) is 4.31 Å². The van der Waals surface area contributed by atoms with Crippen LogP contribution in [0, 0.1) is 0 Å². The first-order valence-electron chi connectivity index (χ1n) is 5.10. The summed E-state index contributed by atoms with van der Waals surface area (Å²) in [6.45, 7) is 3.24. The molecule has 0 aliphatic heterocycles. The van der Waals surface area contributed by atoms with Crippen molar-refractivity contribution in [3.63, 3.8) is 0 Å². The highest BCUT2D eigenvalue weighted by Gasteiger charge is 2.27. The molecule has 0 atom stereocenters. The van der Waals surface area contributed by atoms with Gasteiger partial charge in [-0.05, 0) is 13.8 Å². The number of nitrogens with two attached hydrogens (primary N) is 1. The van der Waals surface area contributed by atoms with Gasteiger partial charge in [0.15, 0.2) is 0 Å². The standard InChI is InChI=1S/C9H16N4O3S/c1-7(2)13(3-4-14)17(15,16)8-5-11-9(10)12-6-8/h5-7,14H,3-4H2,1-2H3,(H2,10,11,12). The van der Waals surface area contributed by atoms with E-state index in [4.69, 9.17) is 10.8 Å². The summed E-state index contributed by atoms with van der Waals surface area (Å²) >= 11 is 0. The number of aromatic nitrogens is 2. The minimum absolute atomic E-state index is 0.0159. The molecule has 96 valence electrons. The summed E-state index contributed by atoms with van der Waals surface area (Å²) in [5.74, 6) is 0.0159. The second-order valence-corrected chi connectivity index (χ2v) is 5.60. The first-order chi connectivity index (χ1) is 7.89. The second kappa shape index (κ2) is 5.39. The highest BCUT2D eigenvalue weighted by Crippen LogP contribution is 2.16. The average Bonchev–Trinajstić information content (AvgIpc) is 2.25. The van der Waals surface area contributed by atoms with Gasteiger partial charge < -0.3 is 10.8 Å². The largest absolute Gasteiger partial charge is 0.395 e. The topological polar surface area (TPSA) is 109 Å². The van der Waals surface area contributed by atoms with Gasteiger partial charge in [-0.25, -0.2) is 18.4 Å². The lowest BCUT2D eigenvalue weighted by molar-refractivity contribution is 0.236. The minimum Gasteiger partial charge on any atom is -0.395 e. The van der Waals surface area contributed by atoms with Crippen LogP contribution in [0.4, 0.5) is 5.95 Å². The van der Waals surface area contributed by atoms with Crippen molar-refractivity contribution in [2.75, 3.05) is 18.9 Å². The van der Waals surface area contributed by atoms with Crippen molar-refractivity contribution in [2.45, 2.75) is 24.8 Å². The molecule has 0 aromatic carbocycles. The van der Waals surface area contributed by atoms with E-state index in [1.54, 1.807) is 13.8 Å². The fourth-order valence-corrected chi connectivity index (χ4v) is 2.87. The minimum atomic E-state index is -3.69. The third-order valence-corrected chi connectivity index (χ3v) is 4.18. The number of sulfonamides is 1. The van der Waals surface area contributed by atoms with Crippen LogP contribution < -0.4 is 5.73 Å². The van der Waals surface area contributed by atoms with Crippen LogP contribution in [-0.4, -0.2) is 47.0 Å². The van der Waals surface area contributed by atoms with Crippen LogP contribution in [0.25, 0.3) is 0 Å². The van der Waals surface area contributed by atoms with Crippen LogP contribution in [0.15, 0.2) is 17.3 Å². The molecule has 0 aliphatic rings. The molecule has 1 heterocycles. The Labute approximate surface area is 100 Å². The van der Waals surface area contributed by atoms with Gasteiger partial charge in [0.2, 0.25) is 16.0 Å². The molecule has 1 aromatic rings. The Morgan fingerprint density at radius 1 is 1.41 bits per heavy atom. The molecule has 0 amide bonds. The summed E-state index contributed by atoms with van der Waals surface area (Å²) in [7, 11) is -3.69. The maximum Gasteiger partial charge on any atom is 0.246 e. The van der Waals surface area contributed by atoms with Crippen LogP contribution in [0.2, 0.25) is 0 Å². The lowest BCUT2D eigenvalue weighted by Gasteiger charge is -2.24. The summed E-state index contributed by atoms with van der Waals surface area (Å²) in [6.07, 6.45) is 2.31. The number of nitrogens with zero attached hydrogens (tertiary/aromatic N) is 3. The Hall–Kier alpha value is -1.25. The lowest BCUT2D eigenvalue weighted by Crippen LogP contribution is -2.39. The normalized spacial score (nSPS) is 12.3. The van der Waals surface area contributed by atoms with Crippen molar-refractivity contribution in [1.29, 1.82) is 0 Å². The van der Waals surface area contributed by atoms with Gasteiger partial charge in [-0.2, -0.15) is 4.31 Å². The van der Waals surface area contributed by atoms with Crippen LogP contribution in [0.1, 0.15) is 13.8 Å². The number of nitrogen functional groups attached to an aromatic ring is 1. The monoisotopic (exact) mass is 260 g/mol. The molecule has 7 nitrogen and oxygen atoms in total. The molecule has 0 saturated heterocycles. The number of hydrogen-bond donors (Lipinski definition) is 2. The number of rotatable bonds is 5. The molecule has 8 heteroatoms. The predicted molar refractivity (Wildman–Crippen MR) is 62.6 cm³/mol. The quantitative estimate of drug-likeness (QED) is 0.735. The fraction of sp³-hybridized carbons (Fsp3) is 0.556. The first-order valence-corrected chi connectivity index (χ1v) is 6.54. The molecule has 3 N–H and O–H groups in total. The molecule has 0 aliphatic carbocycles. The van der Waals surface area contributed by atoms with Gasteiger partial charge in [0.1, 0.15) is 4.90 Å². The molecular formula is C9H16N4O3S. The molecule has 0 unspecified atom stereocenters. The molecule has 0 radical (unpaired) electrons. The fourth-order valence-electron chi connectivity index (χ4n) is 1.35. The smallest absolute Gasteiger partial charge is 0.246 e. The lowest BCUT2D eigenvalue weighted by atomic mass is 10.4. The summed E-state index contributed by atoms with van der Waals surface area (Å²) in [4.78, 5) is 7.26. The van der Waals surface area contributed by atoms with E-state index >= 15 is 0 Å². The third kappa shape index (κ3) is 3.11. The van der Waals surface area contributed by atoms with Crippen molar-refractivity contribution in [3.05, 3.63) is 12.4 Å². The predicted octanol–water partition coefficient (Wildman–Crippen LogP) is -0.550. The van der Waals surface area contributed by atoms with Gasteiger partial charge in [0.25, 0.3) is 0 Å². The van der Waals surface area contributed by atoms with E-state index in [0.29, 0.717) is 0 Å². The van der Waals surface area contributed by atoms with Gasteiger partial charge >= 0.3 is 0 Å². The zero-order valence-corrected chi connectivity index (χ0v) is 10.6. The van der Waals surface area contributed by atoms with Crippen molar-refractivity contribution in [1.82, 2.24) is 14.3 Å². The summed E-state index contributed by atoms with van der Waals surface area (Å²) in [5, 5.41) is 8.88. The van der Waals surface area contributed by atoms with Gasteiger partial charge in [-0.3, -0.25) is 0 Å². The highest BCUT2D eigenvalue weighted by atomic mass is 32.2. The third-order valence-electron chi connectivity index (χ3n) is 2.15. The van der Waals surface area contributed by atoms with E-state index in [-0.39, 0.29) is 30.0 Å². The molecule has 1 rings (SSSR count). The Morgan fingerprint density at radius 2 is 1.94 bits per heavy atom. The molecule has 0 spiro atoms. The second-order valence-electron chi connectivity index (χ2n) is 3.71. The number of anilines is 1. The maximum absolute atomic E-state index is 12.2. The molecule has 17 heavy (non-hydrogen) atoms. The van der Waals surface area contributed by atoms with Crippen molar-refractivity contribution >= 4 is 16.0 Å². The SMILES string of the molecule is CC(C)N(CCO)S(=O)(=O)c1cnc(N)nc1. The van der Waals surface area contributed by atoms with E-state index in [9.17, 15) is 8.42 Å². The zero-order valence-electron chi connectivity index (χ0n) is 9.74. The van der Waals surface area contributed by atoms with Crippen molar-refractivity contribution in [2.24, 2.45) is 0 Å². The van der Waals surface area contributed by atoms with E-state index in [2.05, 4.69) is 9.97 Å². The number of aliphatic hydroxyl groups excluding tert-OH is 1. The summed E-state index contributed by atoms with van der Waals surface area (Å²) in [6, 6.07) is -0.260. The van der Waals surface area contributed by atoms with Gasteiger partial charge in [-0.1, -0.05) is 0 Å². The maximum atomic E-state index is 12.2. The van der Waals surface area contributed by atoms with Gasteiger partial charge in [0, 0.05) is 12.6 Å². The zero-order chi connectivity index (χ0) is 13.1.